The number of morpholine rings is 1. The summed E-state index contributed by atoms with van der Waals surface area (Å²) in [5.41, 5.74) is 3.04. The Balaban J connectivity index is 1.25. The number of pyridine rings is 1. The van der Waals surface area contributed by atoms with Gasteiger partial charge in [0.1, 0.15) is 5.82 Å². The van der Waals surface area contributed by atoms with Gasteiger partial charge >= 0.3 is 6.03 Å². The van der Waals surface area contributed by atoms with Gasteiger partial charge in [-0.15, -0.1) is 0 Å². The smallest absolute Gasteiger partial charge is 0.315 e. The summed E-state index contributed by atoms with van der Waals surface area (Å²) < 4.78 is 5.37. The molecule has 2 aliphatic rings. The van der Waals surface area contributed by atoms with Crippen LogP contribution in [-0.4, -0.2) is 54.7 Å². The lowest BCUT2D eigenvalue weighted by Crippen LogP contribution is -2.37. The van der Waals surface area contributed by atoms with Gasteiger partial charge in [-0.2, -0.15) is 0 Å². The van der Waals surface area contributed by atoms with Crippen LogP contribution < -0.4 is 15.5 Å². The third-order valence-electron chi connectivity index (χ3n) is 5.69. The maximum atomic E-state index is 12.3. The van der Waals surface area contributed by atoms with E-state index in [0.717, 1.165) is 61.8 Å². The molecule has 0 unspecified atom stereocenters. The number of nitrogens with zero attached hydrogens (tertiary/aromatic N) is 3. The van der Waals surface area contributed by atoms with Crippen LogP contribution in [0.1, 0.15) is 29.5 Å². The summed E-state index contributed by atoms with van der Waals surface area (Å²) in [6.45, 7) is 5.37. The first-order chi connectivity index (χ1) is 15.2. The average Bonchev–Trinajstić information content (AvgIpc) is 3.22. The summed E-state index contributed by atoms with van der Waals surface area (Å²) in [6.07, 6.45) is 3.35. The Morgan fingerprint density at radius 3 is 2.48 bits per heavy atom. The van der Waals surface area contributed by atoms with Crippen molar-refractivity contribution in [2.75, 3.05) is 37.7 Å². The van der Waals surface area contributed by atoms with Crippen molar-refractivity contribution in [3.05, 3.63) is 59.3 Å². The van der Waals surface area contributed by atoms with Crippen molar-refractivity contribution < 1.29 is 14.3 Å². The zero-order valence-corrected chi connectivity index (χ0v) is 17.7. The van der Waals surface area contributed by atoms with Crippen LogP contribution in [0.2, 0.25) is 0 Å². The SMILES string of the molecule is O=C(NCc1ccc(N2CCOCC2)nc1)NCc1ccccc1CN1CCCC1=O. The molecule has 8 heteroatoms. The number of hydrogen-bond acceptors (Lipinski definition) is 5. The summed E-state index contributed by atoms with van der Waals surface area (Å²) in [6, 6.07) is 11.7. The lowest BCUT2D eigenvalue weighted by Gasteiger charge is -2.27. The van der Waals surface area contributed by atoms with E-state index in [-0.39, 0.29) is 11.9 Å². The van der Waals surface area contributed by atoms with Gasteiger partial charge in [-0.1, -0.05) is 30.3 Å². The maximum absolute atomic E-state index is 12.3. The molecule has 2 N–H and O–H groups in total. The van der Waals surface area contributed by atoms with Crippen LogP contribution in [0.5, 0.6) is 0 Å². The molecule has 164 valence electrons. The molecule has 1 aromatic heterocycles. The van der Waals surface area contributed by atoms with E-state index in [4.69, 9.17) is 4.74 Å². The van der Waals surface area contributed by atoms with Crippen LogP contribution in [0.3, 0.4) is 0 Å². The highest BCUT2D eigenvalue weighted by Crippen LogP contribution is 2.17. The Morgan fingerprint density at radius 1 is 1.00 bits per heavy atom. The van der Waals surface area contributed by atoms with Gasteiger partial charge in [-0.3, -0.25) is 4.79 Å². The Hall–Kier alpha value is -3.13. The fourth-order valence-corrected chi connectivity index (χ4v) is 3.88. The van der Waals surface area contributed by atoms with E-state index in [0.29, 0.717) is 26.1 Å². The zero-order valence-electron chi connectivity index (χ0n) is 17.7. The van der Waals surface area contributed by atoms with Crippen LogP contribution in [0.4, 0.5) is 10.6 Å². The number of rotatable bonds is 7. The number of carbonyl (C=O) groups is 2. The van der Waals surface area contributed by atoms with Crippen LogP contribution in [0.25, 0.3) is 0 Å². The number of nitrogens with one attached hydrogen (secondary N) is 2. The first-order valence-electron chi connectivity index (χ1n) is 10.8. The van der Waals surface area contributed by atoms with Gasteiger partial charge in [-0.05, 0) is 29.2 Å². The average molecular weight is 424 g/mol. The lowest BCUT2D eigenvalue weighted by molar-refractivity contribution is -0.128. The van der Waals surface area contributed by atoms with E-state index < -0.39 is 0 Å². The van der Waals surface area contributed by atoms with Crippen molar-refractivity contribution in [3.8, 4) is 0 Å². The molecular weight excluding hydrogens is 394 g/mol. The molecule has 31 heavy (non-hydrogen) atoms. The van der Waals surface area contributed by atoms with E-state index in [9.17, 15) is 9.59 Å². The number of carbonyl (C=O) groups excluding carboxylic acids is 2. The summed E-state index contributed by atoms with van der Waals surface area (Å²) >= 11 is 0. The number of amides is 3. The van der Waals surface area contributed by atoms with Crippen LogP contribution in [-0.2, 0) is 29.2 Å². The van der Waals surface area contributed by atoms with E-state index in [2.05, 4.69) is 20.5 Å². The molecule has 2 saturated heterocycles. The largest absolute Gasteiger partial charge is 0.378 e. The minimum atomic E-state index is -0.232. The number of anilines is 1. The molecule has 2 aliphatic heterocycles. The molecular formula is C23H29N5O3. The van der Waals surface area contributed by atoms with Crippen molar-refractivity contribution >= 4 is 17.8 Å². The topological polar surface area (TPSA) is 86.8 Å². The van der Waals surface area contributed by atoms with Crippen molar-refractivity contribution in [2.45, 2.75) is 32.5 Å². The molecule has 8 nitrogen and oxygen atoms in total. The Bertz CT molecular complexity index is 896. The third-order valence-corrected chi connectivity index (χ3v) is 5.69. The second-order valence-corrected chi connectivity index (χ2v) is 7.85. The highest BCUT2D eigenvalue weighted by molar-refractivity contribution is 5.78. The molecule has 0 atom stereocenters. The van der Waals surface area contributed by atoms with Gasteiger partial charge in [0.05, 0.1) is 13.2 Å². The molecule has 0 radical (unpaired) electrons. The number of urea groups is 1. The third kappa shape index (κ3) is 5.73. The van der Waals surface area contributed by atoms with E-state index in [1.165, 1.54) is 0 Å². The molecule has 2 aromatic rings. The van der Waals surface area contributed by atoms with Gasteiger partial charge in [0.15, 0.2) is 0 Å². The van der Waals surface area contributed by atoms with Gasteiger partial charge in [0, 0.05) is 51.9 Å². The fourth-order valence-electron chi connectivity index (χ4n) is 3.88. The van der Waals surface area contributed by atoms with Crippen LogP contribution in [0, 0.1) is 0 Å². The first-order valence-corrected chi connectivity index (χ1v) is 10.8. The van der Waals surface area contributed by atoms with E-state index in [1.807, 2.05) is 41.3 Å². The molecule has 3 amide bonds. The normalized spacial score (nSPS) is 16.5. The molecule has 0 spiro atoms. The lowest BCUT2D eigenvalue weighted by atomic mass is 10.1. The Kier molecular flexibility index (Phi) is 6.99. The Labute approximate surface area is 182 Å². The van der Waals surface area contributed by atoms with Crippen molar-refractivity contribution in [3.63, 3.8) is 0 Å². The highest BCUT2D eigenvalue weighted by Gasteiger charge is 2.21. The number of hydrogen-bond donors (Lipinski definition) is 2. The van der Waals surface area contributed by atoms with Crippen molar-refractivity contribution in [1.29, 1.82) is 0 Å². The van der Waals surface area contributed by atoms with E-state index in [1.54, 1.807) is 6.20 Å². The van der Waals surface area contributed by atoms with Gasteiger partial charge < -0.3 is 25.2 Å². The number of benzene rings is 1. The predicted molar refractivity (Wildman–Crippen MR) is 117 cm³/mol. The van der Waals surface area contributed by atoms with Crippen LogP contribution >= 0.6 is 0 Å². The standard InChI is InChI=1S/C23H29N5O3/c29-22-6-3-9-28(22)17-20-5-2-1-4-19(20)16-26-23(30)25-15-18-7-8-21(24-14-18)27-10-12-31-13-11-27/h1-2,4-5,7-8,14H,3,6,9-13,15-17H2,(H2,25,26,30). The summed E-state index contributed by atoms with van der Waals surface area (Å²) in [4.78, 5) is 32.8. The molecule has 0 aliphatic carbocycles. The molecule has 0 saturated carbocycles. The molecule has 2 fully saturated rings. The second-order valence-electron chi connectivity index (χ2n) is 7.85. The van der Waals surface area contributed by atoms with Crippen LogP contribution in [0.15, 0.2) is 42.6 Å². The Morgan fingerprint density at radius 2 is 1.77 bits per heavy atom. The minimum absolute atomic E-state index is 0.203. The minimum Gasteiger partial charge on any atom is -0.378 e. The van der Waals surface area contributed by atoms with Gasteiger partial charge in [0.2, 0.25) is 5.91 Å². The molecule has 3 heterocycles. The number of ether oxygens (including phenoxy) is 1. The van der Waals surface area contributed by atoms with Gasteiger partial charge in [0.25, 0.3) is 0 Å². The molecule has 4 rings (SSSR count). The van der Waals surface area contributed by atoms with Gasteiger partial charge in [-0.25, -0.2) is 9.78 Å². The monoisotopic (exact) mass is 423 g/mol. The van der Waals surface area contributed by atoms with E-state index >= 15 is 0 Å². The quantitative estimate of drug-likeness (QED) is 0.712. The van der Waals surface area contributed by atoms with Crippen molar-refractivity contribution in [1.82, 2.24) is 20.5 Å². The number of aromatic nitrogens is 1. The number of likely N-dealkylation sites (tertiary alicyclic amines) is 1. The maximum Gasteiger partial charge on any atom is 0.315 e. The van der Waals surface area contributed by atoms with Crippen molar-refractivity contribution in [2.24, 2.45) is 0 Å². The first kappa shape index (κ1) is 21.1. The second kappa shape index (κ2) is 10.3. The zero-order chi connectivity index (χ0) is 21.5. The highest BCUT2D eigenvalue weighted by atomic mass is 16.5. The predicted octanol–water partition coefficient (Wildman–Crippen LogP) is 2.04. The summed E-state index contributed by atoms with van der Waals surface area (Å²) in [5.74, 6) is 1.14. The summed E-state index contributed by atoms with van der Waals surface area (Å²) in [7, 11) is 0. The fraction of sp³-hybridized carbons (Fsp3) is 0.435. The molecule has 0 bridgehead atoms. The molecule has 1 aromatic carbocycles. The summed E-state index contributed by atoms with van der Waals surface area (Å²) in [5, 5.41) is 5.79.